The number of rotatable bonds is 4. The molecule has 0 radical (unpaired) electrons. The van der Waals surface area contributed by atoms with Crippen LogP contribution < -0.4 is 5.32 Å². The van der Waals surface area contributed by atoms with E-state index in [2.05, 4.69) is 20.6 Å². The zero-order chi connectivity index (χ0) is 16.8. The molecule has 2 aromatic heterocycles. The SMILES string of the molecule is O=C(Nc1ccc(-c2n[nH]c3c2CCC3)cc1)c1cnn(C2CC2)c1. The number of aromatic amines is 1. The van der Waals surface area contributed by atoms with Crippen LogP contribution in [0.15, 0.2) is 36.7 Å². The molecule has 2 aliphatic carbocycles. The Hall–Kier alpha value is -2.89. The topological polar surface area (TPSA) is 75.6 Å². The van der Waals surface area contributed by atoms with Crippen LogP contribution in [0.3, 0.4) is 0 Å². The number of amides is 1. The number of anilines is 1. The minimum Gasteiger partial charge on any atom is -0.322 e. The summed E-state index contributed by atoms with van der Waals surface area (Å²) >= 11 is 0. The molecule has 25 heavy (non-hydrogen) atoms. The molecule has 1 fully saturated rings. The number of nitrogens with zero attached hydrogens (tertiary/aromatic N) is 3. The summed E-state index contributed by atoms with van der Waals surface area (Å²) < 4.78 is 1.89. The van der Waals surface area contributed by atoms with Gasteiger partial charge in [0.05, 0.1) is 23.5 Å². The van der Waals surface area contributed by atoms with Crippen LogP contribution in [-0.4, -0.2) is 25.9 Å². The van der Waals surface area contributed by atoms with Gasteiger partial charge in [-0.05, 0) is 44.2 Å². The molecule has 0 saturated heterocycles. The first-order valence-electron chi connectivity index (χ1n) is 8.80. The molecule has 0 aliphatic heterocycles. The highest BCUT2D eigenvalue weighted by Gasteiger charge is 2.25. The van der Waals surface area contributed by atoms with E-state index in [1.54, 1.807) is 6.20 Å². The minimum atomic E-state index is -0.125. The van der Waals surface area contributed by atoms with Crippen LogP contribution in [0.4, 0.5) is 5.69 Å². The van der Waals surface area contributed by atoms with Crippen LogP contribution in [0.2, 0.25) is 0 Å². The maximum absolute atomic E-state index is 12.4. The van der Waals surface area contributed by atoms with Crippen molar-refractivity contribution < 1.29 is 4.79 Å². The van der Waals surface area contributed by atoms with Crippen molar-refractivity contribution in [1.29, 1.82) is 0 Å². The Kier molecular flexibility index (Phi) is 3.23. The lowest BCUT2D eigenvalue weighted by molar-refractivity contribution is 0.102. The first-order valence-corrected chi connectivity index (χ1v) is 8.80. The molecule has 126 valence electrons. The number of fused-ring (bicyclic) bond motifs is 1. The zero-order valence-corrected chi connectivity index (χ0v) is 13.8. The Morgan fingerprint density at radius 3 is 2.84 bits per heavy atom. The quantitative estimate of drug-likeness (QED) is 0.769. The highest BCUT2D eigenvalue weighted by molar-refractivity contribution is 6.04. The third kappa shape index (κ3) is 2.63. The molecule has 6 nitrogen and oxygen atoms in total. The second-order valence-corrected chi connectivity index (χ2v) is 6.85. The van der Waals surface area contributed by atoms with Crippen LogP contribution in [0.1, 0.15) is 46.9 Å². The van der Waals surface area contributed by atoms with E-state index in [0.717, 1.165) is 42.6 Å². The monoisotopic (exact) mass is 333 g/mol. The van der Waals surface area contributed by atoms with Gasteiger partial charge in [0, 0.05) is 28.7 Å². The van der Waals surface area contributed by atoms with Gasteiger partial charge in [0.2, 0.25) is 0 Å². The van der Waals surface area contributed by atoms with E-state index in [1.165, 1.54) is 17.7 Å². The molecule has 1 saturated carbocycles. The molecule has 0 spiro atoms. The van der Waals surface area contributed by atoms with Crippen molar-refractivity contribution in [3.63, 3.8) is 0 Å². The van der Waals surface area contributed by atoms with Gasteiger partial charge >= 0.3 is 0 Å². The fourth-order valence-electron chi connectivity index (χ4n) is 3.47. The smallest absolute Gasteiger partial charge is 0.258 e. The summed E-state index contributed by atoms with van der Waals surface area (Å²) in [7, 11) is 0. The number of hydrogen-bond acceptors (Lipinski definition) is 3. The number of aromatic nitrogens is 4. The predicted molar refractivity (Wildman–Crippen MR) is 94.5 cm³/mol. The average Bonchev–Trinajstić information content (AvgIpc) is 3.03. The van der Waals surface area contributed by atoms with Gasteiger partial charge in [0.1, 0.15) is 0 Å². The number of H-pyrrole nitrogens is 1. The van der Waals surface area contributed by atoms with Gasteiger partial charge in [0.15, 0.2) is 0 Å². The lowest BCUT2D eigenvalue weighted by atomic mass is 10.1. The van der Waals surface area contributed by atoms with Crippen LogP contribution >= 0.6 is 0 Å². The summed E-state index contributed by atoms with van der Waals surface area (Å²) in [5, 5.41) is 14.8. The third-order valence-corrected chi connectivity index (χ3v) is 5.01. The van der Waals surface area contributed by atoms with E-state index in [0.29, 0.717) is 11.6 Å². The second-order valence-electron chi connectivity index (χ2n) is 6.85. The molecule has 0 atom stereocenters. The summed E-state index contributed by atoms with van der Waals surface area (Å²) in [5.41, 5.74) is 6.10. The van der Waals surface area contributed by atoms with Crippen LogP contribution in [0, 0.1) is 0 Å². The summed E-state index contributed by atoms with van der Waals surface area (Å²) in [6, 6.07) is 8.36. The lowest BCUT2D eigenvalue weighted by Crippen LogP contribution is -2.11. The molecule has 0 unspecified atom stereocenters. The molecular formula is C19H19N5O. The molecule has 1 aromatic carbocycles. The van der Waals surface area contributed by atoms with Gasteiger partial charge in [-0.1, -0.05) is 12.1 Å². The van der Waals surface area contributed by atoms with Gasteiger partial charge in [-0.25, -0.2) is 0 Å². The molecule has 2 heterocycles. The summed E-state index contributed by atoms with van der Waals surface area (Å²) in [6.07, 6.45) is 9.14. The van der Waals surface area contributed by atoms with Gasteiger partial charge in [-0.2, -0.15) is 10.2 Å². The van der Waals surface area contributed by atoms with Gasteiger partial charge in [-0.3, -0.25) is 14.6 Å². The molecular weight excluding hydrogens is 314 g/mol. The van der Waals surface area contributed by atoms with E-state index in [9.17, 15) is 4.79 Å². The summed E-state index contributed by atoms with van der Waals surface area (Å²) in [6.45, 7) is 0. The Bertz CT molecular complexity index is 933. The van der Waals surface area contributed by atoms with Gasteiger partial charge in [-0.15, -0.1) is 0 Å². The number of benzene rings is 1. The van der Waals surface area contributed by atoms with E-state index < -0.39 is 0 Å². The standard InChI is InChI=1S/C19H19N5O/c25-19(13-10-20-24(11-13)15-8-9-15)21-14-6-4-12(5-7-14)18-16-2-1-3-17(16)22-23-18/h4-7,10-11,15H,1-3,8-9H2,(H,21,25)(H,22,23). The van der Waals surface area contributed by atoms with Crippen molar-refractivity contribution in [3.8, 4) is 11.3 Å². The van der Waals surface area contributed by atoms with Crippen molar-refractivity contribution in [3.05, 3.63) is 53.5 Å². The van der Waals surface area contributed by atoms with E-state index in [4.69, 9.17) is 0 Å². The van der Waals surface area contributed by atoms with Crippen molar-refractivity contribution in [1.82, 2.24) is 20.0 Å². The highest BCUT2D eigenvalue weighted by Crippen LogP contribution is 2.34. The number of carbonyl (C=O) groups is 1. The maximum atomic E-state index is 12.4. The molecule has 1 amide bonds. The summed E-state index contributed by atoms with van der Waals surface area (Å²) in [4.78, 5) is 12.4. The largest absolute Gasteiger partial charge is 0.322 e. The van der Waals surface area contributed by atoms with Crippen molar-refractivity contribution in [2.45, 2.75) is 38.1 Å². The van der Waals surface area contributed by atoms with E-state index >= 15 is 0 Å². The Morgan fingerprint density at radius 2 is 2.04 bits per heavy atom. The lowest BCUT2D eigenvalue weighted by Gasteiger charge is -2.05. The number of nitrogens with one attached hydrogen (secondary N) is 2. The van der Waals surface area contributed by atoms with E-state index in [-0.39, 0.29) is 5.91 Å². The zero-order valence-electron chi connectivity index (χ0n) is 13.8. The van der Waals surface area contributed by atoms with Crippen LogP contribution in [-0.2, 0) is 12.8 Å². The highest BCUT2D eigenvalue weighted by atomic mass is 16.1. The van der Waals surface area contributed by atoms with Crippen molar-refractivity contribution >= 4 is 11.6 Å². The van der Waals surface area contributed by atoms with Crippen LogP contribution in [0.25, 0.3) is 11.3 Å². The molecule has 3 aromatic rings. The normalized spacial score (nSPS) is 16.0. The fraction of sp³-hybridized carbons (Fsp3) is 0.316. The number of hydrogen-bond donors (Lipinski definition) is 2. The maximum Gasteiger partial charge on any atom is 0.258 e. The Balaban J connectivity index is 1.32. The Labute approximate surface area is 145 Å². The van der Waals surface area contributed by atoms with Gasteiger partial charge < -0.3 is 5.32 Å². The molecule has 2 N–H and O–H groups in total. The Morgan fingerprint density at radius 1 is 1.20 bits per heavy atom. The molecule has 2 aliphatic rings. The third-order valence-electron chi connectivity index (χ3n) is 5.01. The first-order chi connectivity index (χ1) is 12.3. The van der Waals surface area contributed by atoms with Crippen molar-refractivity contribution in [2.75, 3.05) is 5.32 Å². The number of aryl methyl sites for hydroxylation is 1. The molecule has 5 rings (SSSR count). The number of carbonyl (C=O) groups excluding carboxylic acids is 1. The average molecular weight is 333 g/mol. The van der Waals surface area contributed by atoms with Crippen LogP contribution in [0.5, 0.6) is 0 Å². The van der Waals surface area contributed by atoms with Crippen molar-refractivity contribution in [2.24, 2.45) is 0 Å². The fourth-order valence-corrected chi connectivity index (χ4v) is 3.47. The summed E-state index contributed by atoms with van der Waals surface area (Å²) in [5.74, 6) is -0.125. The van der Waals surface area contributed by atoms with Gasteiger partial charge in [0.25, 0.3) is 5.91 Å². The first kappa shape index (κ1) is 14.5. The molecule has 6 heteroatoms. The minimum absolute atomic E-state index is 0.125. The molecule has 0 bridgehead atoms. The van der Waals surface area contributed by atoms with E-state index in [1.807, 2.05) is 35.1 Å². The predicted octanol–water partition coefficient (Wildman–Crippen LogP) is 3.35. The second kappa shape index (κ2) is 5.58.